The van der Waals surface area contributed by atoms with Crippen LogP contribution in [-0.4, -0.2) is 29.9 Å². The van der Waals surface area contributed by atoms with Gasteiger partial charge in [-0.05, 0) is 35.0 Å². The Morgan fingerprint density at radius 1 is 0.478 bits per heavy atom. The zero-order valence-electron chi connectivity index (χ0n) is 21.8. The topological polar surface area (TPSA) is 104 Å². The van der Waals surface area contributed by atoms with Crippen LogP contribution in [0.3, 0.4) is 0 Å². The number of oxazole rings is 2. The number of rotatable bonds is 4. The molecule has 0 spiro atoms. The fourth-order valence-corrected chi connectivity index (χ4v) is 6.41. The van der Waals surface area contributed by atoms with Crippen molar-refractivity contribution in [2.45, 2.75) is 0 Å². The molecule has 46 heavy (non-hydrogen) atoms. The molecule has 8 aromatic rings. The Balaban J connectivity index is 1.14. The van der Waals surface area contributed by atoms with E-state index in [1.54, 1.807) is 24.3 Å². The Morgan fingerprint density at radius 3 is 1.22 bits per heavy atom. The molecule has 0 saturated heterocycles. The van der Waals surface area contributed by atoms with Crippen molar-refractivity contribution in [2.75, 3.05) is 0 Å². The third-order valence-corrected chi connectivity index (χ3v) is 8.72. The molecule has 18 heteroatoms. The summed E-state index contributed by atoms with van der Waals surface area (Å²) >= 11 is 1.38. The average Bonchev–Trinajstić information content (AvgIpc) is 3.83. The number of nitrogens with zero attached hydrogens (tertiary/aromatic N) is 6. The predicted molar refractivity (Wildman–Crippen MR) is 147 cm³/mol. The van der Waals surface area contributed by atoms with Gasteiger partial charge >= 0.3 is 0 Å². The number of halogens is 8. The molecule has 6 heterocycles. The van der Waals surface area contributed by atoms with E-state index in [0.717, 1.165) is 12.4 Å². The van der Waals surface area contributed by atoms with Gasteiger partial charge in [-0.25, -0.2) is 37.5 Å². The molecule has 0 atom stereocenters. The van der Waals surface area contributed by atoms with Crippen LogP contribution in [0, 0.1) is 47.1 Å². The molecule has 0 bridgehead atoms. The first-order valence-electron chi connectivity index (χ1n) is 12.5. The van der Waals surface area contributed by atoms with E-state index in [4.69, 9.17) is 8.83 Å². The number of hydrogen-bond donors (Lipinski definition) is 0. The fourth-order valence-electron chi connectivity index (χ4n) is 4.66. The van der Waals surface area contributed by atoms with E-state index in [1.807, 2.05) is 0 Å². The molecule has 8 nitrogen and oxygen atoms in total. The van der Waals surface area contributed by atoms with Crippen molar-refractivity contribution in [1.82, 2.24) is 29.9 Å². The van der Waals surface area contributed by atoms with Gasteiger partial charge in [0.25, 0.3) is 35.6 Å². The standard InChI is InChI=1S/C28H6F8N6O2S2/c29-17-15(18(30)22(34)41-21(17)33)13-5-37-27(45-13)25-39-9-1-7-3-12-10(2-8(7)4-11(9)43-25)40-26(44-12)28-38-6-14(46-28)16-19(31)23(35)42-24(36)20(16)32/h1-6H. The van der Waals surface area contributed by atoms with Crippen LogP contribution < -0.4 is 0 Å². The molecule has 0 N–H and O–H groups in total. The van der Waals surface area contributed by atoms with Crippen LogP contribution in [0.1, 0.15) is 0 Å². The van der Waals surface area contributed by atoms with Crippen molar-refractivity contribution in [2.24, 2.45) is 0 Å². The van der Waals surface area contributed by atoms with Crippen molar-refractivity contribution in [3.8, 4) is 42.7 Å². The number of aromatic nitrogens is 6. The Labute approximate surface area is 255 Å². The Hall–Kier alpha value is -5.36. The van der Waals surface area contributed by atoms with Crippen molar-refractivity contribution < 1.29 is 44.0 Å². The summed E-state index contributed by atoms with van der Waals surface area (Å²) in [6.07, 6.45) is 2.05. The van der Waals surface area contributed by atoms with Crippen LogP contribution in [0.25, 0.3) is 75.6 Å². The summed E-state index contributed by atoms with van der Waals surface area (Å²) < 4.78 is 123. The highest BCUT2D eigenvalue weighted by molar-refractivity contribution is 7.18. The van der Waals surface area contributed by atoms with E-state index in [9.17, 15) is 35.1 Å². The van der Waals surface area contributed by atoms with E-state index in [2.05, 4.69) is 29.9 Å². The van der Waals surface area contributed by atoms with Gasteiger partial charge in [-0.1, -0.05) is 0 Å². The maximum absolute atomic E-state index is 14.2. The summed E-state index contributed by atoms with van der Waals surface area (Å²) in [4.78, 5) is 21.5. The second kappa shape index (κ2) is 10.1. The number of benzene rings is 2. The predicted octanol–water partition coefficient (Wildman–Crippen LogP) is 8.61. The normalized spacial score (nSPS) is 11.9. The Bertz CT molecular complexity index is 2270. The molecule has 0 aliphatic rings. The third kappa shape index (κ3) is 4.31. The van der Waals surface area contributed by atoms with Gasteiger partial charge in [0.05, 0.1) is 20.9 Å². The molecule has 0 radical (unpaired) electrons. The van der Waals surface area contributed by atoms with E-state index >= 15 is 0 Å². The zero-order valence-corrected chi connectivity index (χ0v) is 23.4. The molecule has 0 fully saturated rings. The molecule has 0 aliphatic carbocycles. The van der Waals surface area contributed by atoms with Crippen LogP contribution in [0.5, 0.6) is 0 Å². The summed E-state index contributed by atoms with van der Waals surface area (Å²) in [6, 6.07) is 6.58. The molecular formula is C28H6F8N6O2S2. The van der Waals surface area contributed by atoms with Crippen LogP contribution in [0.15, 0.2) is 45.5 Å². The first-order chi connectivity index (χ1) is 22.0. The lowest BCUT2D eigenvalue weighted by Crippen LogP contribution is -2.02. The number of pyridine rings is 2. The molecular weight excluding hydrogens is 668 g/mol. The van der Waals surface area contributed by atoms with E-state index in [0.29, 0.717) is 55.6 Å². The number of fused-ring (bicyclic) bond motifs is 3. The molecule has 228 valence electrons. The lowest BCUT2D eigenvalue weighted by atomic mass is 10.1. The SMILES string of the molecule is Fc1nc(F)c(F)c(-c2cnc(-c3nc4cc5cc6oc(-c7ncc(-c8c(F)c(F)nc(F)c8F)s7)nc6cc5cc4o3)s2)c1F. The van der Waals surface area contributed by atoms with Gasteiger partial charge in [0.2, 0.25) is 0 Å². The van der Waals surface area contributed by atoms with Gasteiger partial charge in [0.1, 0.15) is 11.0 Å². The molecule has 0 unspecified atom stereocenters. The summed E-state index contributed by atoms with van der Waals surface area (Å²) in [5.74, 6) is -13.9. The molecule has 8 rings (SSSR count). The van der Waals surface area contributed by atoms with Gasteiger partial charge in [0.15, 0.2) is 44.5 Å². The average molecular weight is 675 g/mol. The summed E-state index contributed by atoms with van der Waals surface area (Å²) in [5, 5.41) is 1.40. The van der Waals surface area contributed by atoms with Gasteiger partial charge in [-0.15, -0.1) is 22.7 Å². The lowest BCUT2D eigenvalue weighted by Gasteiger charge is -2.02. The third-order valence-electron chi connectivity index (χ3n) is 6.72. The molecule has 0 aliphatic heterocycles. The van der Waals surface area contributed by atoms with Gasteiger partial charge < -0.3 is 8.83 Å². The van der Waals surface area contributed by atoms with Crippen LogP contribution >= 0.6 is 22.7 Å². The quantitative estimate of drug-likeness (QED) is 0.135. The van der Waals surface area contributed by atoms with Crippen LogP contribution in [0.2, 0.25) is 0 Å². The Morgan fingerprint density at radius 2 is 0.848 bits per heavy atom. The van der Waals surface area contributed by atoms with Gasteiger partial charge in [0, 0.05) is 12.4 Å². The highest BCUT2D eigenvalue weighted by Crippen LogP contribution is 2.39. The molecule has 6 aromatic heterocycles. The fraction of sp³-hybridized carbons (Fsp3) is 0. The van der Waals surface area contributed by atoms with Crippen molar-refractivity contribution in [1.29, 1.82) is 0 Å². The minimum Gasteiger partial charge on any atom is -0.434 e. The maximum atomic E-state index is 14.2. The molecule has 0 saturated carbocycles. The van der Waals surface area contributed by atoms with Crippen molar-refractivity contribution >= 4 is 55.6 Å². The van der Waals surface area contributed by atoms with E-state index in [1.165, 1.54) is 0 Å². The minimum absolute atomic E-state index is 0.0251. The molecule has 0 amide bonds. The van der Waals surface area contributed by atoms with E-state index in [-0.39, 0.29) is 31.6 Å². The van der Waals surface area contributed by atoms with Gasteiger partial charge in [-0.2, -0.15) is 27.5 Å². The van der Waals surface area contributed by atoms with Crippen molar-refractivity contribution in [3.63, 3.8) is 0 Å². The largest absolute Gasteiger partial charge is 0.434 e. The zero-order chi connectivity index (χ0) is 32.0. The highest BCUT2D eigenvalue weighted by Gasteiger charge is 2.26. The monoisotopic (exact) mass is 674 g/mol. The van der Waals surface area contributed by atoms with Gasteiger partial charge in [-0.3, -0.25) is 0 Å². The first kappa shape index (κ1) is 28.1. The lowest BCUT2D eigenvalue weighted by molar-refractivity contribution is 0.411. The van der Waals surface area contributed by atoms with E-state index < -0.39 is 58.2 Å². The smallest absolute Gasteiger partial charge is 0.256 e. The maximum Gasteiger partial charge on any atom is 0.256 e. The second-order valence-corrected chi connectivity index (χ2v) is 11.5. The Kier molecular flexibility index (Phi) is 6.16. The summed E-state index contributed by atoms with van der Waals surface area (Å²) in [7, 11) is 0. The number of thiazole rings is 2. The number of hydrogen-bond acceptors (Lipinski definition) is 10. The summed E-state index contributed by atoms with van der Waals surface area (Å²) in [6.45, 7) is 0. The first-order valence-corrected chi connectivity index (χ1v) is 14.2. The van der Waals surface area contributed by atoms with Crippen LogP contribution in [-0.2, 0) is 0 Å². The summed E-state index contributed by atoms with van der Waals surface area (Å²) in [5.41, 5.74) is -0.599. The second-order valence-electron chi connectivity index (χ2n) is 9.48. The minimum atomic E-state index is -1.80. The molecule has 2 aromatic carbocycles. The highest BCUT2D eigenvalue weighted by atomic mass is 32.1. The van der Waals surface area contributed by atoms with Crippen molar-refractivity contribution in [3.05, 3.63) is 83.7 Å². The van der Waals surface area contributed by atoms with Crippen LogP contribution in [0.4, 0.5) is 35.1 Å².